The van der Waals surface area contributed by atoms with E-state index in [-0.39, 0.29) is 5.57 Å². The van der Waals surface area contributed by atoms with Crippen LogP contribution in [-0.4, -0.2) is 33.5 Å². The summed E-state index contributed by atoms with van der Waals surface area (Å²) in [5.41, 5.74) is -1.04. The number of allylic oxidation sites excluding steroid dienone is 1. The minimum Gasteiger partial charge on any atom is -0.478 e. The first kappa shape index (κ1) is 12.9. The van der Waals surface area contributed by atoms with Gasteiger partial charge in [-0.05, 0) is 19.8 Å². The standard InChI is InChI=1S/C10H16O4/c1-3-10(2,14)6-4-5-8(7-11)9(12)13/h3,5,11,14H,1,4,6-7H2,2H3,(H,12,13)/t10-/m0/s1. The zero-order valence-electron chi connectivity index (χ0n) is 8.23. The highest BCUT2D eigenvalue weighted by molar-refractivity contribution is 5.86. The molecule has 0 saturated carbocycles. The molecule has 0 aromatic heterocycles. The molecular formula is C10H16O4. The van der Waals surface area contributed by atoms with E-state index in [0.29, 0.717) is 12.8 Å². The molecule has 0 heterocycles. The molecule has 4 heteroatoms. The number of rotatable bonds is 6. The van der Waals surface area contributed by atoms with Crippen LogP contribution in [0.15, 0.2) is 24.3 Å². The summed E-state index contributed by atoms with van der Waals surface area (Å²) in [5, 5.41) is 26.7. The monoisotopic (exact) mass is 200 g/mol. The van der Waals surface area contributed by atoms with Crippen LogP contribution in [0, 0.1) is 0 Å². The molecule has 0 aliphatic heterocycles. The molecule has 0 bridgehead atoms. The highest BCUT2D eigenvalue weighted by atomic mass is 16.4. The van der Waals surface area contributed by atoms with Gasteiger partial charge in [-0.2, -0.15) is 0 Å². The number of aliphatic carboxylic acids is 1. The Kier molecular flexibility index (Phi) is 5.12. The van der Waals surface area contributed by atoms with Crippen LogP contribution in [0.1, 0.15) is 19.8 Å². The van der Waals surface area contributed by atoms with Gasteiger partial charge in [-0.25, -0.2) is 4.79 Å². The van der Waals surface area contributed by atoms with E-state index in [9.17, 15) is 9.90 Å². The van der Waals surface area contributed by atoms with Gasteiger partial charge in [0.15, 0.2) is 0 Å². The molecule has 0 aliphatic carbocycles. The largest absolute Gasteiger partial charge is 0.478 e. The highest BCUT2D eigenvalue weighted by Gasteiger charge is 2.14. The summed E-state index contributed by atoms with van der Waals surface area (Å²) < 4.78 is 0. The molecule has 0 unspecified atom stereocenters. The van der Waals surface area contributed by atoms with Crippen molar-refractivity contribution in [2.45, 2.75) is 25.4 Å². The fourth-order valence-electron chi connectivity index (χ4n) is 0.860. The van der Waals surface area contributed by atoms with E-state index < -0.39 is 18.2 Å². The van der Waals surface area contributed by atoms with Gasteiger partial charge in [0.25, 0.3) is 0 Å². The maximum Gasteiger partial charge on any atom is 0.333 e. The Morgan fingerprint density at radius 1 is 1.57 bits per heavy atom. The van der Waals surface area contributed by atoms with Gasteiger partial charge in [-0.3, -0.25) is 0 Å². The van der Waals surface area contributed by atoms with Crippen molar-refractivity contribution in [3.63, 3.8) is 0 Å². The van der Waals surface area contributed by atoms with E-state index in [2.05, 4.69) is 6.58 Å². The average molecular weight is 200 g/mol. The summed E-state index contributed by atoms with van der Waals surface area (Å²) in [5.74, 6) is -1.13. The van der Waals surface area contributed by atoms with Gasteiger partial charge in [-0.15, -0.1) is 6.58 Å². The maximum absolute atomic E-state index is 10.4. The number of aliphatic hydroxyl groups is 2. The Morgan fingerprint density at radius 2 is 2.14 bits per heavy atom. The fourth-order valence-corrected chi connectivity index (χ4v) is 0.860. The minimum absolute atomic E-state index is 0.0511. The summed E-state index contributed by atoms with van der Waals surface area (Å²) in [6.45, 7) is 4.55. The molecule has 0 rings (SSSR count). The van der Waals surface area contributed by atoms with E-state index in [1.54, 1.807) is 6.92 Å². The third-order valence-corrected chi connectivity index (χ3v) is 1.93. The number of aliphatic hydroxyl groups excluding tert-OH is 1. The van der Waals surface area contributed by atoms with Crippen LogP contribution in [0.4, 0.5) is 0 Å². The Hall–Kier alpha value is -1.13. The summed E-state index contributed by atoms with van der Waals surface area (Å²) in [6, 6.07) is 0. The van der Waals surface area contributed by atoms with Crippen molar-refractivity contribution in [3.8, 4) is 0 Å². The molecule has 80 valence electrons. The van der Waals surface area contributed by atoms with Gasteiger partial charge in [-0.1, -0.05) is 12.2 Å². The lowest BCUT2D eigenvalue weighted by Crippen LogP contribution is -2.19. The van der Waals surface area contributed by atoms with Crippen LogP contribution in [0.5, 0.6) is 0 Å². The number of hydrogen-bond donors (Lipinski definition) is 3. The summed E-state index contributed by atoms with van der Waals surface area (Å²) in [4.78, 5) is 10.4. The lowest BCUT2D eigenvalue weighted by atomic mass is 10.00. The molecule has 0 amide bonds. The smallest absolute Gasteiger partial charge is 0.333 e. The van der Waals surface area contributed by atoms with Gasteiger partial charge < -0.3 is 15.3 Å². The molecule has 14 heavy (non-hydrogen) atoms. The zero-order chi connectivity index (χ0) is 11.2. The van der Waals surface area contributed by atoms with Gasteiger partial charge in [0.2, 0.25) is 0 Å². The number of hydrogen-bond acceptors (Lipinski definition) is 3. The molecular weight excluding hydrogens is 184 g/mol. The van der Waals surface area contributed by atoms with Crippen molar-refractivity contribution in [1.29, 1.82) is 0 Å². The quantitative estimate of drug-likeness (QED) is 0.436. The predicted molar refractivity (Wildman–Crippen MR) is 52.9 cm³/mol. The van der Waals surface area contributed by atoms with E-state index in [0.717, 1.165) is 0 Å². The molecule has 0 aromatic rings. The van der Waals surface area contributed by atoms with Crippen LogP contribution in [0.3, 0.4) is 0 Å². The van der Waals surface area contributed by atoms with Crippen molar-refractivity contribution in [2.24, 2.45) is 0 Å². The second-order valence-electron chi connectivity index (χ2n) is 3.29. The molecule has 1 atom stereocenters. The molecule has 0 fully saturated rings. The lowest BCUT2D eigenvalue weighted by Gasteiger charge is -2.16. The van der Waals surface area contributed by atoms with Gasteiger partial charge in [0.1, 0.15) is 0 Å². The van der Waals surface area contributed by atoms with E-state index in [1.165, 1.54) is 12.2 Å². The molecule has 0 aromatic carbocycles. The number of carboxylic acids is 1. The van der Waals surface area contributed by atoms with Crippen molar-refractivity contribution in [2.75, 3.05) is 6.61 Å². The first-order valence-electron chi connectivity index (χ1n) is 4.32. The van der Waals surface area contributed by atoms with Crippen LogP contribution in [0.2, 0.25) is 0 Å². The Bertz CT molecular complexity index is 241. The first-order chi connectivity index (χ1) is 6.43. The Balaban J connectivity index is 4.15. The number of carbonyl (C=O) groups is 1. The van der Waals surface area contributed by atoms with Gasteiger partial charge in [0.05, 0.1) is 17.8 Å². The van der Waals surface area contributed by atoms with Crippen molar-refractivity contribution >= 4 is 5.97 Å². The average Bonchev–Trinajstić information content (AvgIpc) is 2.12. The molecule has 3 N–H and O–H groups in total. The zero-order valence-corrected chi connectivity index (χ0v) is 8.23. The molecule has 0 saturated heterocycles. The normalized spacial score (nSPS) is 16.1. The second kappa shape index (κ2) is 5.57. The Labute approximate surface area is 83.2 Å². The SMILES string of the molecule is C=C[C@](C)(O)CCC=C(CO)C(=O)O. The van der Waals surface area contributed by atoms with Crippen molar-refractivity contribution in [1.82, 2.24) is 0 Å². The van der Waals surface area contributed by atoms with E-state index in [1.807, 2.05) is 0 Å². The lowest BCUT2D eigenvalue weighted by molar-refractivity contribution is -0.133. The third kappa shape index (κ3) is 4.79. The fraction of sp³-hybridized carbons (Fsp3) is 0.500. The second-order valence-corrected chi connectivity index (χ2v) is 3.29. The molecule has 0 spiro atoms. The first-order valence-corrected chi connectivity index (χ1v) is 4.32. The predicted octanol–water partition coefficient (Wildman–Crippen LogP) is 0.707. The topological polar surface area (TPSA) is 77.8 Å². The van der Waals surface area contributed by atoms with Crippen LogP contribution < -0.4 is 0 Å². The van der Waals surface area contributed by atoms with Crippen molar-refractivity contribution in [3.05, 3.63) is 24.3 Å². The van der Waals surface area contributed by atoms with E-state index >= 15 is 0 Å². The third-order valence-electron chi connectivity index (χ3n) is 1.93. The van der Waals surface area contributed by atoms with Gasteiger partial charge in [0, 0.05) is 0 Å². The molecule has 0 radical (unpaired) electrons. The van der Waals surface area contributed by atoms with Crippen LogP contribution in [0.25, 0.3) is 0 Å². The van der Waals surface area contributed by atoms with E-state index in [4.69, 9.17) is 10.2 Å². The summed E-state index contributed by atoms with van der Waals surface area (Å²) >= 11 is 0. The molecule has 4 nitrogen and oxygen atoms in total. The van der Waals surface area contributed by atoms with Crippen LogP contribution >= 0.6 is 0 Å². The maximum atomic E-state index is 10.4. The Morgan fingerprint density at radius 3 is 2.50 bits per heavy atom. The molecule has 0 aliphatic rings. The van der Waals surface area contributed by atoms with Gasteiger partial charge >= 0.3 is 5.97 Å². The highest BCUT2D eigenvalue weighted by Crippen LogP contribution is 2.13. The van der Waals surface area contributed by atoms with Crippen LogP contribution in [-0.2, 0) is 4.79 Å². The number of carboxylic acid groups (broad SMARTS) is 1. The summed E-state index contributed by atoms with van der Waals surface area (Å²) in [6.07, 6.45) is 3.58. The van der Waals surface area contributed by atoms with Crippen molar-refractivity contribution < 1.29 is 20.1 Å². The summed E-state index contributed by atoms with van der Waals surface area (Å²) in [7, 11) is 0. The minimum atomic E-state index is -1.13.